The van der Waals surface area contributed by atoms with Crippen LogP contribution in [0.2, 0.25) is 0 Å². The van der Waals surface area contributed by atoms with Gasteiger partial charge in [0.2, 0.25) is 5.91 Å². The minimum absolute atomic E-state index is 0.0527. The maximum Gasteiger partial charge on any atom is 0.261 e. The minimum atomic E-state index is -3.90. The number of carbonyl (C=O) groups is 1. The third kappa shape index (κ3) is 5.13. The Bertz CT molecular complexity index is 1110. The van der Waals surface area contributed by atoms with Crippen molar-refractivity contribution >= 4 is 21.6 Å². The summed E-state index contributed by atoms with van der Waals surface area (Å²) in [6, 6.07) is 9.53. The summed E-state index contributed by atoms with van der Waals surface area (Å²) in [7, 11) is -3.90. The summed E-state index contributed by atoms with van der Waals surface area (Å²) in [5, 5.41) is 12.7. The molecule has 10 heteroatoms. The molecule has 2 aromatic rings. The van der Waals surface area contributed by atoms with E-state index in [0.717, 1.165) is 24.1 Å². The van der Waals surface area contributed by atoms with E-state index in [4.69, 9.17) is 9.47 Å². The van der Waals surface area contributed by atoms with Gasteiger partial charge in [-0.25, -0.2) is 12.8 Å². The summed E-state index contributed by atoms with van der Waals surface area (Å²) in [5.41, 5.74) is 1.13. The van der Waals surface area contributed by atoms with Gasteiger partial charge in [-0.2, -0.15) is 0 Å². The van der Waals surface area contributed by atoms with Crippen molar-refractivity contribution in [2.24, 2.45) is 0 Å². The zero-order chi connectivity index (χ0) is 23.6. The predicted molar refractivity (Wildman–Crippen MR) is 119 cm³/mol. The highest BCUT2D eigenvalue weighted by Gasteiger charge is 2.46. The van der Waals surface area contributed by atoms with Crippen molar-refractivity contribution in [1.29, 1.82) is 0 Å². The Morgan fingerprint density at radius 3 is 2.67 bits per heavy atom. The molecule has 1 fully saturated rings. The molecule has 4 atom stereocenters. The molecular formula is C23H27FN2O6S. The van der Waals surface area contributed by atoms with Gasteiger partial charge in [-0.3, -0.25) is 9.52 Å². The number of fused-ring (bicyclic) bond motifs is 3. The Balaban J connectivity index is 1.53. The van der Waals surface area contributed by atoms with Crippen LogP contribution in [0.15, 0.2) is 47.4 Å². The molecule has 0 spiro atoms. The lowest BCUT2D eigenvalue weighted by atomic mass is 9.84. The van der Waals surface area contributed by atoms with Crippen LogP contribution in [-0.2, 0) is 19.6 Å². The fourth-order valence-corrected chi connectivity index (χ4v) is 5.37. The van der Waals surface area contributed by atoms with Crippen LogP contribution >= 0.6 is 0 Å². The van der Waals surface area contributed by atoms with Crippen molar-refractivity contribution in [3.8, 4) is 5.75 Å². The van der Waals surface area contributed by atoms with Crippen LogP contribution in [-0.4, -0.2) is 50.9 Å². The molecular weight excluding hydrogens is 451 g/mol. The van der Waals surface area contributed by atoms with E-state index in [1.807, 2.05) is 6.92 Å². The fourth-order valence-electron chi connectivity index (χ4n) is 4.32. The lowest BCUT2D eigenvalue weighted by Gasteiger charge is -2.37. The fraction of sp³-hybridized carbons (Fsp3) is 0.435. The Morgan fingerprint density at radius 1 is 1.21 bits per heavy atom. The molecule has 2 aliphatic heterocycles. The second-order valence-corrected chi connectivity index (χ2v) is 9.95. The number of anilines is 1. The number of sulfonamides is 1. The van der Waals surface area contributed by atoms with Crippen molar-refractivity contribution in [2.75, 3.05) is 17.9 Å². The molecule has 2 aliphatic rings. The van der Waals surface area contributed by atoms with E-state index < -0.39 is 34.2 Å². The third-order valence-corrected chi connectivity index (χ3v) is 7.26. The second kappa shape index (κ2) is 9.66. The molecule has 2 aromatic carbocycles. The number of benzene rings is 2. The first-order valence-electron chi connectivity index (χ1n) is 10.9. The lowest BCUT2D eigenvalue weighted by Crippen LogP contribution is -2.47. The van der Waals surface area contributed by atoms with E-state index in [1.165, 1.54) is 12.1 Å². The van der Waals surface area contributed by atoms with Crippen molar-refractivity contribution in [2.45, 2.75) is 55.3 Å². The van der Waals surface area contributed by atoms with Gasteiger partial charge in [-0.1, -0.05) is 6.92 Å². The molecule has 2 heterocycles. The van der Waals surface area contributed by atoms with Gasteiger partial charge >= 0.3 is 0 Å². The van der Waals surface area contributed by atoms with Crippen molar-refractivity contribution in [3.05, 3.63) is 53.8 Å². The monoisotopic (exact) mass is 478 g/mol. The molecule has 0 aliphatic carbocycles. The van der Waals surface area contributed by atoms with E-state index in [0.29, 0.717) is 24.4 Å². The van der Waals surface area contributed by atoms with Gasteiger partial charge in [0.05, 0.1) is 24.0 Å². The lowest BCUT2D eigenvalue weighted by molar-refractivity contribution is -0.142. The van der Waals surface area contributed by atoms with E-state index in [9.17, 15) is 22.7 Å². The molecule has 1 amide bonds. The van der Waals surface area contributed by atoms with Crippen LogP contribution in [0.5, 0.6) is 5.75 Å². The van der Waals surface area contributed by atoms with E-state index >= 15 is 0 Å². The number of amides is 1. The van der Waals surface area contributed by atoms with Crippen molar-refractivity contribution in [3.63, 3.8) is 0 Å². The van der Waals surface area contributed by atoms with E-state index in [2.05, 4.69) is 10.0 Å². The molecule has 3 N–H and O–H groups in total. The van der Waals surface area contributed by atoms with Crippen LogP contribution in [0.3, 0.4) is 0 Å². The van der Waals surface area contributed by atoms with Crippen LogP contribution in [0, 0.1) is 5.82 Å². The number of aliphatic hydroxyl groups is 1. The van der Waals surface area contributed by atoms with Gasteiger partial charge < -0.3 is 19.9 Å². The van der Waals surface area contributed by atoms with Gasteiger partial charge in [-0.15, -0.1) is 0 Å². The minimum Gasteiger partial charge on any atom is -0.487 e. The Kier molecular flexibility index (Phi) is 6.87. The Labute approximate surface area is 192 Å². The van der Waals surface area contributed by atoms with Crippen LogP contribution in [0.25, 0.3) is 0 Å². The number of hydrogen-bond donors (Lipinski definition) is 3. The van der Waals surface area contributed by atoms with Crippen molar-refractivity contribution in [1.82, 2.24) is 5.32 Å². The molecule has 0 unspecified atom stereocenters. The predicted octanol–water partition coefficient (Wildman–Crippen LogP) is 2.54. The number of carbonyl (C=O) groups excluding carboxylic acids is 1. The summed E-state index contributed by atoms with van der Waals surface area (Å²) >= 11 is 0. The molecule has 8 nitrogen and oxygen atoms in total. The maximum atomic E-state index is 13.2. The number of nitrogens with one attached hydrogen (secondary N) is 2. The molecule has 0 bridgehead atoms. The van der Waals surface area contributed by atoms with Gasteiger partial charge in [0, 0.05) is 23.7 Å². The first-order chi connectivity index (χ1) is 15.8. The van der Waals surface area contributed by atoms with Gasteiger partial charge in [0.1, 0.15) is 23.8 Å². The molecule has 0 saturated carbocycles. The third-order valence-electron chi connectivity index (χ3n) is 5.86. The van der Waals surface area contributed by atoms with Crippen LogP contribution in [0.4, 0.5) is 10.1 Å². The van der Waals surface area contributed by atoms with Crippen molar-refractivity contribution < 1.29 is 32.2 Å². The molecule has 33 heavy (non-hydrogen) atoms. The number of ether oxygens (including phenoxy) is 2. The van der Waals surface area contributed by atoms with Crippen LogP contribution < -0.4 is 14.8 Å². The first-order valence-corrected chi connectivity index (χ1v) is 12.4. The highest BCUT2D eigenvalue weighted by Crippen LogP contribution is 2.47. The second-order valence-electron chi connectivity index (χ2n) is 8.27. The molecule has 0 radical (unpaired) electrons. The van der Waals surface area contributed by atoms with E-state index in [-0.39, 0.29) is 29.7 Å². The highest BCUT2D eigenvalue weighted by atomic mass is 32.2. The number of rotatable bonds is 8. The summed E-state index contributed by atoms with van der Waals surface area (Å²) < 4.78 is 53.0. The summed E-state index contributed by atoms with van der Waals surface area (Å²) in [4.78, 5) is 12.1. The normalized spacial score (nSPS) is 23.8. The number of aliphatic hydroxyl groups excluding tert-OH is 1. The average molecular weight is 479 g/mol. The Morgan fingerprint density at radius 2 is 1.97 bits per heavy atom. The SMILES string of the molecule is CCCNC(=O)C[C@H]1C[C@H]2c3cc(NS(=O)(=O)c4ccc(F)cc4)ccc3O[C@H]2[C@@H](CO)O1. The van der Waals surface area contributed by atoms with Gasteiger partial charge in [0.15, 0.2) is 0 Å². The zero-order valence-corrected chi connectivity index (χ0v) is 19.0. The Hall–Kier alpha value is -2.69. The quantitative estimate of drug-likeness (QED) is 0.537. The zero-order valence-electron chi connectivity index (χ0n) is 18.2. The first kappa shape index (κ1) is 23.5. The largest absolute Gasteiger partial charge is 0.487 e. The molecule has 4 rings (SSSR count). The summed E-state index contributed by atoms with van der Waals surface area (Å²) in [6.45, 7) is 2.30. The smallest absolute Gasteiger partial charge is 0.261 e. The standard InChI is InChI=1S/C23H27FN2O6S/c1-2-9-25-22(28)12-16-11-19-18-10-15(5-8-20(18)32-23(19)21(13-27)31-16)26-33(29,30)17-6-3-14(24)4-7-17/h3-8,10,16,19,21,23,26-27H,2,9,11-13H2,1H3,(H,25,28)/t16-,19+,21-,23-/m1/s1. The molecule has 0 aromatic heterocycles. The van der Waals surface area contributed by atoms with Crippen LogP contribution in [0.1, 0.15) is 37.7 Å². The summed E-state index contributed by atoms with van der Waals surface area (Å²) in [6.07, 6.45) is 0.0881. The number of hydrogen-bond acceptors (Lipinski definition) is 6. The maximum absolute atomic E-state index is 13.2. The number of halogens is 1. The molecule has 178 valence electrons. The topological polar surface area (TPSA) is 114 Å². The van der Waals surface area contributed by atoms with Gasteiger partial charge in [-0.05, 0) is 55.3 Å². The molecule has 1 saturated heterocycles. The van der Waals surface area contributed by atoms with E-state index in [1.54, 1.807) is 18.2 Å². The average Bonchev–Trinajstić information content (AvgIpc) is 3.15. The highest BCUT2D eigenvalue weighted by molar-refractivity contribution is 7.92. The summed E-state index contributed by atoms with van der Waals surface area (Å²) in [5.74, 6) is -0.208. The van der Waals surface area contributed by atoms with Gasteiger partial charge in [0.25, 0.3) is 10.0 Å².